The number of ether oxygens (including phenoxy) is 2. The fourth-order valence-electron chi connectivity index (χ4n) is 2.92. The Morgan fingerprint density at radius 1 is 1.29 bits per heavy atom. The third-order valence-electron chi connectivity index (χ3n) is 3.93. The molecule has 0 aliphatic carbocycles. The summed E-state index contributed by atoms with van der Waals surface area (Å²) < 4.78 is 11.1. The number of hydrogen-bond donors (Lipinski definition) is 1. The van der Waals surface area contributed by atoms with E-state index in [9.17, 15) is 0 Å². The molecule has 3 atom stereocenters. The van der Waals surface area contributed by atoms with Crippen molar-refractivity contribution in [3.8, 4) is 0 Å². The molecule has 0 spiro atoms. The molecular formula is C13H26N2O2. The van der Waals surface area contributed by atoms with Crippen LogP contribution in [-0.2, 0) is 9.47 Å². The lowest BCUT2D eigenvalue weighted by Gasteiger charge is -2.41. The molecular weight excluding hydrogens is 216 g/mol. The van der Waals surface area contributed by atoms with E-state index in [0.717, 1.165) is 39.5 Å². The second-order valence-electron chi connectivity index (χ2n) is 5.19. The first-order valence-electron chi connectivity index (χ1n) is 6.96. The number of nitrogens with one attached hydrogen (secondary N) is 1. The highest BCUT2D eigenvalue weighted by molar-refractivity contribution is 4.83. The zero-order valence-electron chi connectivity index (χ0n) is 11.2. The highest BCUT2D eigenvalue weighted by Crippen LogP contribution is 2.17. The average Bonchev–Trinajstić information content (AvgIpc) is 2.40. The van der Waals surface area contributed by atoms with E-state index in [1.807, 2.05) is 0 Å². The Balaban J connectivity index is 1.82. The number of hydrogen-bond acceptors (Lipinski definition) is 4. The Labute approximate surface area is 105 Å². The Morgan fingerprint density at radius 3 is 2.82 bits per heavy atom. The van der Waals surface area contributed by atoms with Gasteiger partial charge in [0.05, 0.1) is 26.4 Å². The maximum Gasteiger partial charge on any atom is 0.0622 e. The molecule has 1 N–H and O–H groups in total. The van der Waals surface area contributed by atoms with E-state index < -0.39 is 0 Å². The second-order valence-corrected chi connectivity index (χ2v) is 5.19. The molecule has 0 aromatic carbocycles. The lowest BCUT2D eigenvalue weighted by atomic mass is 10.0. The number of rotatable bonds is 4. The quantitative estimate of drug-likeness (QED) is 0.793. The third kappa shape index (κ3) is 3.65. The molecule has 2 aliphatic rings. The molecule has 0 saturated carbocycles. The fourth-order valence-corrected chi connectivity index (χ4v) is 2.92. The SMILES string of the molecule is CCC1COCCN1C(C)CC1COCCN1. The van der Waals surface area contributed by atoms with Crippen molar-refractivity contribution < 1.29 is 9.47 Å². The lowest BCUT2D eigenvalue weighted by Crippen LogP contribution is -2.52. The van der Waals surface area contributed by atoms with Crippen LogP contribution in [0, 0.1) is 0 Å². The summed E-state index contributed by atoms with van der Waals surface area (Å²) in [5, 5.41) is 3.54. The standard InChI is InChI=1S/C13H26N2O2/c1-3-13-10-17-7-5-15(13)11(2)8-12-9-16-6-4-14-12/h11-14H,3-10H2,1-2H3. The molecule has 0 radical (unpaired) electrons. The van der Waals surface area contributed by atoms with Gasteiger partial charge in [-0.25, -0.2) is 0 Å². The minimum absolute atomic E-state index is 0.527. The summed E-state index contributed by atoms with van der Waals surface area (Å²) >= 11 is 0. The van der Waals surface area contributed by atoms with Crippen LogP contribution >= 0.6 is 0 Å². The topological polar surface area (TPSA) is 33.7 Å². The van der Waals surface area contributed by atoms with E-state index in [1.54, 1.807) is 0 Å². The molecule has 4 nitrogen and oxygen atoms in total. The van der Waals surface area contributed by atoms with E-state index in [1.165, 1.54) is 12.8 Å². The lowest BCUT2D eigenvalue weighted by molar-refractivity contribution is -0.0335. The van der Waals surface area contributed by atoms with Gasteiger partial charge in [-0.1, -0.05) is 6.92 Å². The van der Waals surface area contributed by atoms with Gasteiger partial charge in [-0.15, -0.1) is 0 Å². The van der Waals surface area contributed by atoms with Gasteiger partial charge in [0.15, 0.2) is 0 Å². The summed E-state index contributed by atoms with van der Waals surface area (Å²) in [6, 6.07) is 1.74. The minimum atomic E-state index is 0.527. The molecule has 2 saturated heterocycles. The molecule has 100 valence electrons. The van der Waals surface area contributed by atoms with Gasteiger partial charge in [-0.3, -0.25) is 4.90 Å². The van der Waals surface area contributed by atoms with Gasteiger partial charge >= 0.3 is 0 Å². The van der Waals surface area contributed by atoms with Crippen LogP contribution in [0.25, 0.3) is 0 Å². The van der Waals surface area contributed by atoms with E-state index >= 15 is 0 Å². The fraction of sp³-hybridized carbons (Fsp3) is 1.00. The Bertz CT molecular complexity index is 219. The zero-order valence-corrected chi connectivity index (χ0v) is 11.2. The van der Waals surface area contributed by atoms with E-state index in [0.29, 0.717) is 18.1 Å². The van der Waals surface area contributed by atoms with E-state index in [4.69, 9.17) is 9.47 Å². The molecule has 2 fully saturated rings. The summed E-state index contributed by atoms with van der Waals surface area (Å²) in [6.45, 7) is 10.2. The van der Waals surface area contributed by atoms with Gasteiger partial charge < -0.3 is 14.8 Å². The van der Waals surface area contributed by atoms with Crippen molar-refractivity contribution in [2.45, 2.75) is 44.8 Å². The first kappa shape index (κ1) is 13.3. The maximum atomic E-state index is 5.56. The maximum absolute atomic E-state index is 5.56. The molecule has 0 aromatic rings. The molecule has 0 bridgehead atoms. The molecule has 3 unspecified atom stereocenters. The van der Waals surface area contributed by atoms with Gasteiger partial charge in [-0.2, -0.15) is 0 Å². The van der Waals surface area contributed by atoms with Gasteiger partial charge in [0.2, 0.25) is 0 Å². The second kappa shape index (κ2) is 6.69. The van der Waals surface area contributed by atoms with Crippen molar-refractivity contribution in [3.63, 3.8) is 0 Å². The van der Waals surface area contributed by atoms with Crippen LogP contribution in [0.15, 0.2) is 0 Å². The molecule has 4 heteroatoms. The molecule has 0 aromatic heterocycles. The monoisotopic (exact) mass is 242 g/mol. The van der Waals surface area contributed by atoms with Crippen LogP contribution < -0.4 is 5.32 Å². The van der Waals surface area contributed by atoms with Crippen LogP contribution in [-0.4, -0.2) is 62.5 Å². The normalized spacial score (nSPS) is 33.5. The summed E-state index contributed by atoms with van der Waals surface area (Å²) in [5.41, 5.74) is 0. The highest BCUT2D eigenvalue weighted by atomic mass is 16.5. The van der Waals surface area contributed by atoms with Gasteiger partial charge in [0.1, 0.15) is 0 Å². The van der Waals surface area contributed by atoms with Crippen molar-refractivity contribution in [1.29, 1.82) is 0 Å². The minimum Gasteiger partial charge on any atom is -0.379 e. The van der Waals surface area contributed by atoms with Crippen LogP contribution in [0.2, 0.25) is 0 Å². The van der Waals surface area contributed by atoms with Crippen molar-refractivity contribution >= 4 is 0 Å². The molecule has 2 aliphatic heterocycles. The summed E-state index contributed by atoms with van der Waals surface area (Å²) in [6.07, 6.45) is 2.36. The first-order valence-corrected chi connectivity index (χ1v) is 6.96. The number of morpholine rings is 2. The molecule has 2 rings (SSSR count). The van der Waals surface area contributed by atoms with Crippen LogP contribution in [0.1, 0.15) is 26.7 Å². The molecule has 0 amide bonds. The highest BCUT2D eigenvalue weighted by Gasteiger charge is 2.27. The third-order valence-corrected chi connectivity index (χ3v) is 3.93. The first-order chi connectivity index (χ1) is 8.31. The number of nitrogens with zero attached hydrogens (tertiary/aromatic N) is 1. The Morgan fingerprint density at radius 2 is 2.12 bits per heavy atom. The zero-order chi connectivity index (χ0) is 12.1. The molecule has 2 heterocycles. The predicted molar refractivity (Wildman–Crippen MR) is 68.3 cm³/mol. The van der Waals surface area contributed by atoms with Crippen molar-refractivity contribution in [2.24, 2.45) is 0 Å². The predicted octanol–water partition coefficient (Wildman–Crippen LogP) is 0.864. The Hall–Kier alpha value is -0.160. The Kier molecular flexibility index (Phi) is 5.22. The van der Waals surface area contributed by atoms with Crippen LogP contribution in [0.3, 0.4) is 0 Å². The van der Waals surface area contributed by atoms with Gasteiger partial charge in [-0.05, 0) is 19.8 Å². The van der Waals surface area contributed by atoms with Crippen molar-refractivity contribution in [2.75, 3.05) is 39.5 Å². The smallest absolute Gasteiger partial charge is 0.0622 e. The van der Waals surface area contributed by atoms with Crippen LogP contribution in [0.5, 0.6) is 0 Å². The average molecular weight is 242 g/mol. The van der Waals surface area contributed by atoms with E-state index in [-0.39, 0.29) is 0 Å². The summed E-state index contributed by atoms with van der Waals surface area (Å²) in [7, 11) is 0. The summed E-state index contributed by atoms with van der Waals surface area (Å²) in [5.74, 6) is 0. The summed E-state index contributed by atoms with van der Waals surface area (Å²) in [4.78, 5) is 2.61. The van der Waals surface area contributed by atoms with Gasteiger partial charge in [0, 0.05) is 31.2 Å². The largest absolute Gasteiger partial charge is 0.379 e. The molecule has 17 heavy (non-hydrogen) atoms. The van der Waals surface area contributed by atoms with Crippen molar-refractivity contribution in [3.05, 3.63) is 0 Å². The van der Waals surface area contributed by atoms with Crippen molar-refractivity contribution in [1.82, 2.24) is 10.2 Å². The van der Waals surface area contributed by atoms with Gasteiger partial charge in [0.25, 0.3) is 0 Å². The van der Waals surface area contributed by atoms with Crippen LogP contribution in [0.4, 0.5) is 0 Å². The van der Waals surface area contributed by atoms with E-state index in [2.05, 4.69) is 24.1 Å².